The van der Waals surface area contributed by atoms with Gasteiger partial charge in [-0.25, -0.2) is 0 Å². The maximum Gasteiger partial charge on any atom is 0.270 e. The molecule has 98 valence electrons. The minimum atomic E-state index is -0.0617. The lowest BCUT2D eigenvalue weighted by molar-refractivity contribution is 0.0877. The Kier molecular flexibility index (Phi) is 3.15. The van der Waals surface area contributed by atoms with E-state index in [1.807, 2.05) is 0 Å². The summed E-state index contributed by atoms with van der Waals surface area (Å²) in [5.74, 6) is -0.0617. The molecule has 2 saturated heterocycles. The number of nitrogens with zero attached hydrogens (tertiary/aromatic N) is 2. The highest BCUT2D eigenvalue weighted by molar-refractivity contribution is 9.10. The normalized spacial score (nSPS) is 31.6. The molecular weight excluding hydrogens is 296 g/mol. The van der Waals surface area contributed by atoms with Gasteiger partial charge in [-0.3, -0.25) is 9.89 Å². The molecule has 1 amide bonds. The molecule has 3 rings (SSSR count). The maximum atomic E-state index is 12.1. The SMILES string of the molecule is CN1C2CCC1CC(NC(=O)c1[nH]ncc1Br)C2. The Bertz CT molecular complexity index is 447. The average molecular weight is 313 g/mol. The predicted molar refractivity (Wildman–Crippen MR) is 71.3 cm³/mol. The van der Waals surface area contributed by atoms with Crippen LogP contribution >= 0.6 is 15.9 Å². The standard InChI is InChI=1S/C12H17BrN4O/c1-17-8-2-3-9(17)5-7(4-8)15-12(18)11-10(13)6-14-16-11/h6-9H,2-5H2,1H3,(H,14,16)(H,15,18). The lowest BCUT2D eigenvalue weighted by atomic mass is 9.98. The average Bonchev–Trinajstić information content (AvgIpc) is 2.82. The van der Waals surface area contributed by atoms with E-state index in [4.69, 9.17) is 0 Å². The monoisotopic (exact) mass is 312 g/mol. The summed E-state index contributed by atoms with van der Waals surface area (Å²) in [4.78, 5) is 14.6. The molecule has 6 heteroatoms. The van der Waals surface area contributed by atoms with E-state index in [2.05, 4.69) is 43.4 Å². The second-order valence-electron chi connectivity index (χ2n) is 5.29. The van der Waals surface area contributed by atoms with Gasteiger partial charge in [-0.1, -0.05) is 0 Å². The maximum absolute atomic E-state index is 12.1. The van der Waals surface area contributed by atoms with E-state index in [-0.39, 0.29) is 5.91 Å². The number of hydrogen-bond donors (Lipinski definition) is 2. The zero-order valence-electron chi connectivity index (χ0n) is 10.3. The molecule has 3 heterocycles. The summed E-state index contributed by atoms with van der Waals surface area (Å²) in [6.07, 6.45) is 6.25. The van der Waals surface area contributed by atoms with E-state index in [1.165, 1.54) is 12.8 Å². The molecule has 2 unspecified atom stereocenters. The molecule has 2 aliphatic heterocycles. The molecule has 2 N–H and O–H groups in total. The van der Waals surface area contributed by atoms with Crippen LogP contribution in [0.4, 0.5) is 0 Å². The molecule has 18 heavy (non-hydrogen) atoms. The van der Waals surface area contributed by atoms with Crippen LogP contribution in [0.15, 0.2) is 10.7 Å². The number of carbonyl (C=O) groups excluding carboxylic acids is 1. The van der Waals surface area contributed by atoms with Crippen molar-refractivity contribution < 1.29 is 4.79 Å². The highest BCUT2D eigenvalue weighted by Gasteiger charge is 2.38. The molecule has 0 aliphatic carbocycles. The van der Waals surface area contributed by atoms with Crippen LogP contribution < -0.4 is 5.32 Å². The number of fused-ring (bicyclic) bond motifs is 2. The fourth-order valence-electron chi connectivity index (χ4n) is 3.22. The molecule has 0 spiro atoms. The summed E-state index contributed by atoms with van der Waals surface area (Å²) in [6.45, 7) is 0. The van der Waals surface area contributed by atoms with Crippen LogP contribution in [0.3, 0.4) is 0 Å². The van der Waals surface area contributed by atoms with Crippen molar-refractivity contribution in [2.75, 3.05) is 7.05 Å². The third-order valence-corrected chi connectivity index (χ3v) is 4.85. The molecule has 2 atom stereocenters. The molecule has 0 saturated carbocycles. The summed E-state index contributed by atoms with van der Waals surface area (Å²) < 4.78 is 0.718. The van der Waals surface area contributed by atoms with Crippen LogP contribution in [0.2, 0.25) is 0 Å². The number of rotatable bonds is 2. The number of halogens is 1. The first kappa shape index (κ1) is 12.2. The summed E-state index contributed by atoms with van der Waals surface area (Å²) in [6, 6.07) is 1.57. The minimum Gasteiger partial charge on any atom is -0.348 e. The topological polar surface area (TPSA) is 61.0 Å². The van der Waals surface area contributed by atoms with Gasteiger partial charge in [0.25, 0.3) is 5.91 Å². The van der Waals surface area contributed by atoms with Gasteiger partial charge in [0, 0.05) is 18.1 Å². The van der Waals surface area contributed by atoms with Crippen LogP contribution in [-0.4, -0.2) is 46.2 Å². The van der Waals surface area contributed by atoms with Crippen molar-refractivity contribution in [3.05, 3.63) is 16.4 Å². The van der Waals surface area contributed by atoms with Gasteiger partial charge >= 0.3 is 0 Å². The molecule has 2 fully saturated rings. The molecule has 1 aromatic heterocycles. The van der Waals surface area contributed by atoms with E-state index in [9.17, 15) is 4.79 Å². The van der Waals surface area contributed by atoms with Crippen LogP contribution in [-0.2, 0) is 0 Å². The first-order valence-corrected chi connectivity index (χ1v) is 7.16. The fourth-order valence-corrected chi connectivity index (χ4v) is 3.59. The van der Waals surface area contributed by atoms with Gasteiger partial charge in [-0.05, 0) is 48.7 Å². The third kappa shape index (κ3) is 2.07. The van der Waals surface area contributed by atoms with Crippen molar-refractivity contribution in [2.24, 2.45) is 0 Å². The summed E-state index contributed by atoms with van der Waals surface area (Å²) >= 11 is 3.31. The number of nitrogens with one attached hydrogen (secondary N) is 2. The first-order chi connectivity index (χ1) is 8.65. The summed E-state index contributed by atoms with van der Waals surface area (Å²) in [5.41, 5.74) is 0.515. The number of aromatic nitrogens is 2. The van der Waals surface area contributed by atoms with Crippen molar-refractivity contribution in [3.63, 3.8) is 0 Å². The molecule has 1 aromatic rings. The Balaban J connectivity index is 1.65. The third-order valence-electron chi connectivity index (χ3n) is 4.25. The van der Waals surface area contributed by atoms with Crippen molar-refractivity contribution in [1.29, 1.82) is 0 Å². The molecular formula is C12H17BrN4O. The van der Waals surface area contributed by atoms with Gasteiger partial charge in [0.15, 0.2) is 0 Å². The van der Waals surface area contributed by atoms with Crippen molar-refractivity contribution in [3.8, 4) is 0 Å². The minimum absolute atomic E-state index is 0.0617. The van der Waals surface area contributed by atoms with Crippen LogP contribution in [0.5, 0.6) is 0 Å². The Morgan fingerprint density at radius 3 is 2.72 bits per heavy atom. The molecule has 0 radical (unpaired) electrons. The Morgan fingerprint density at radius 1 is 1.50 bits per heavy atom. The number of H-pyrrole nitrogens is 1. The van der Waals surface area contributed by atoms with Crippen molar-refractivity contribution in [2.45, 2.75) is 43.8 Å². The van der Waals surface area contributed by atoms with Gasteiger partial charge < -0.3 is 10.2 Å². The van der Waals surface area contributed by atoms with E-state index in [1.54, 1.807) is 6.20 Å². The summed E-state index contributed by atoms with van der Waals surface area (Å²) in [5, 5.41) is 9.69. The predicted octanol–water partition coefficient (Wildman–Crippen LogP) is 1.53. The van der Waals surface area contributed by atoms with Crippen molar-refractivity contribution in [1.82, 2.24) is 20.4 Å². The van der Waals surface area contributed by atoms with Gasteiger partial charge in [-0.2, -0.15) is 5.10 Å². The zero-order valence-corrected chi connectivity index (χ0v) is 11.9. The molecule has 2 bridgehead atoms. The van der Waals surface area contributed by atoms with E-state index in [0.717, 1.165) is 17.3 Å². The van der Waals surface area contributed by atoms with Crippen LogP contribution in [0, 0.1) is 0 Å². The van der Waals surface area contributed by atoms with Gasteiger partial charge in [0.1, 0.15) is 5.69 Å². The highest BCUT2D eigenvalue weighted by Crippen LogP contribution is 2.34. The van der Waals surface area contributed by atoms with Crippen molar-refractivity contribution >= 4 is 21.8 Å². The van der Waals surface area contributed by atoms with E-state index in [0.29, 0.717) is 23.8 Å². The largest absolute Gasteiger partial charge is 0.348 e. The Hall–Kier alpha value is -0.880. The van der Waals surface area contributed by atoms with Crippen LogP contribution in [0.1, 0.15) is 36.2 Å². The van der Waals surface area contributed by atoms with E-state index < -0.39 is 0 Å². The molecule has 0 aromatic carbocycles. The van der Waals surface area contributed by atoms with Gasteiger partial charge in [0.2, 0.25) is 0 Å². The number of hydrogen-bond acceptors (Lipinski definition) is 3. The Labute approximate surface area is 114 Å². The number of amides is 1. The zero-order chi connectivity index (χ0) is 12.7. The smallest absolute Gasteiger partial charge is 0.270 e. The second kappa shape index (κ2) is 4.66. The summed E-state index contributed by atoms with van der Waals surface area (Å²) in [7, 11) is 2.20. The van der Waals surface area contributed by atoms with E-state index >= 15 is 0 Å². The number of aromatic amines is 1. The fraction of sp³-hybridized carbons (Fsp3) is 0.667. The second-order valence-corrected chi connectivity index (χ2v) is 6.14. The van der Waals surface area contributed by atoms with Gasteiger partial charge in [-0.15, -0.1) is 0 Å². The Morgan fingerprint density at radius 2 is 2.17 bits per heavy atom. The lowest BCUT2D eigenvalue weighted by Gasteiger charge is -2.36. The highest BCUT2D eigenvalue weighted by atomic mass is 79.9. The first-order valence-electron chi connectivity index (χ1n) is 6.37. The number of carbonyl (C=O) groups is 1. The molecule has 5 nitrogen and oxygen atoms in total. The lowest BCUT2D eigenvalue weighted by Crippen LogP contribution is -2.48. The van der Waals surface area contributed by atoms with Crippen LogP contribution in [0.25, 0.3) is 0 Å². The molecule has 2 aliphatic rings. The number of piperidine rings is 1. The van der Waals surface area contributed by atoms with Gasteiger partial charge in [0.05, 0.1) is 10.7 Å². The quantitative estimate of drug-likeness (QED) is 0.870.